The molecule has 1 aliphatic carbocycles. The summed E-state index contributed by atoms with van der Waals surface area (Å²) in [5.41, 5.74) is 1.31. The van der Waals surface area contributed by atoms with Gasteiger partial charge in [-0.2, -0.15) is 0 Å². The Hall–Kier alpha value is -0.650. The normalized spacial score (nSPS) is 18.4. The number of hydrogen-bond acceptors (Lipinski definition) is 5. The summed E-state index contributed by atoms with van der Waals surface area (Å²) in [5.74, 6) is 0. The fourth-order valence-corrected chi connectivity index (χ4v) is 4.04. The molecule has 0 saturated heterocycles. The predicted octanol–water partition coefficient (Wildman–Crippen LogP) is 2.52. The molecule has 0 fully saturated rings. The van der Waals surface area contributed by atoms with Crippen LogP contribution in [0.25, 0.3) is 0 Å². The Kier molecular flexibility index (Phi) is 5.81. The van der Waals surface area contributed by atoms with E-state index in [9.17, 15) is 0 Å². The van der Waals surface area contributed by atoms with Crippen molar-refractivity contribution in [1.29, 1.82) is 0 Å². The average Bonchev–Trinajstić information content (AvgIpc) is 2.86. The summed E-state index contributed by atoms with van der Waals surface area (Å²) < 4.78 is 0. The second-order valence-electron chi connectivity index (χ2n) is 5.77. The minimum atomic E-state index is 0.462. The van der Waals surface area contributed by atoms with Crippen LogP contribution in [0.3, 0.4) is 0 Å². The highest BCUT2D eigenvalue weighted by Gasteiger charge is 2.24. The number of rotatable bonds is 7. The van der Waals surface area contributed by atoms with Gasteiger partial charge in [-0.3, -0.25) is 0 Å². The minimum Gasteiger partial charge on any atom is -0.348 e. The minimum absolute atomic E-state index is 0.462. The Morgan fingerprint density at radius 3 is 2.80 bits per heavy atom. The highest BCUT2D eigenvalue weighted by molar-refractivity contribution is 7.15. The van der Waals surface area contributed by atoms with Gasteiger partial charge in [-0.05, 0) is 60.3 Å². The molecular formula is C15H28N4S. The Labute approximate surface area is 127 Å². The van der Waals surface area contributed by atoms with Crippen LogP contribution in [0, 0.1) is 0 Å². The Morgan fingerprint density at radius 1 is 1.35 bits per heavy atom. The van der Waals surface area contributed by atoms with Crippen molar-refractivity contribution in [3.8, 4) is 0 Å². The van der Waals surface area contributed by atoms with Crippen LogP contribution in [0.1, 0.15) is 42.8 Å². The number of fused-ring (bicyclic) bond motifs is 1. The van der Waals surface area contributed by atoms with Crippen molar-refractivity contribution in [3.63, 3.8) is 0 Å². The quantitative estimate of drug-likeness (QED) is 0.838. The van der Waals surface area contributed by atoms with Crippen LogP contribution in [-0.4, -0.2) is 50.7 Å². The number of anilines is 1. The monoisotopic (exact) mass is 296 g/mol. The third-order valence-electron chi connectivity index (χ3n) is 3.98. The Bertz CT molecular complexity index is 416. The van der Waals surface area contributed by atoms with Gasteiger partial charge in [0.1, 0.15) is 0 Å². The van der Waals surface area contributed by atoms with Crippen LogP contribution in [0.5, 0.6) is 0 Å². The lowest BCUT2D eigenvalue weighted by atomic mass is 9.98. The Balaban J connectivity index is 2.05. The van der Waals surface area contributed by atoms with Gasteiger partial charge in [-0.25, -0.2) is 4.98 Å². The molecule has 4 nitrogen and oxygen atoms in total. The zero-order chi connectivity index (χ0) is 14.5. The van der Waals surface area contributed by atoms with Crippen LogP contribution < -0.4 is 10.2 Å². The largest absolute Gasteiger partial charge is 0.348 e. The van der Waals surface area contributed by atoms with Gasteiger partial charge in [0.25, 0.3) is 0 Å². The highest BCUT2D eigenvalue weighted by Crippen LogP contribution is 2.36. The molecule has 1 unspecified atom stereocenters. The molecule has 0 radical (unpaired) electrons. The van der Waals surface area contributed by atoms with Gasteiger partial charge in [-0.15, -0.1) is 11.3 Å². The van der Waals surface area contributed by atoms with E-state index in [0.29, 0.717) is 6.04 Å². The molecule has 0 bridgehead atoms. The van der Waals surface area contributed by atoms with Crippen molar-refractivity contribution in [2.75, 3.05) is 45.7 Å². The standard InChI is InChI=1S/C15H28N4S/c1-5-19(11-7-10-18(3)4)15-17-14-12(16-2)8-6-9-13(14)20-15/h12,16H,5-11H2,1-4H3. The van der Waals surface area contributed by atoms with Gasteiger partial charge in [0.05, 0.1) is 11.7 Å². The fourth-order valence-electron chi connectivity index (χ4n) is 2.79. The lowest BCUT2D eigenvalue weighted by Crippen LogP contribution is -2.27. The number of aromatic nitrogens is 1. The topological polar surface area (TPSA) is 31.4 Å². The SMILES string of the molecule is CCN(CCCN(C)C)c1nc2c(s1)CCCC2NC. The van der Waals surface area contributed by atoms with Gasteiger partial charge in [0.15, 0.2) is 5.13 Å². The van der Waals surface area contributed by atoms with E-state index in [0.717, 1.165) is 19.6 Å². The molecule has 1 aromatic rings. The van der Waals surface area contributed by atoms with Crippen LogP contribution in [0.15, 0.2) is 0 Å². The first-order chi connectivity index (χ1) is 9.65. The van der Waals surface area contributed by atoms with E-state index < -0.39 is 0 Å². The maximum atomic E-state index is 4.94. The van der Waals surface area contributed by atoms with Crippen LogP contribution in [-0.2, 0) is 6.42 Å². The van der Waals surface area contributed by atoms with Crippen molar-refractivity contribution in [2.24, 2.45) is 0 Å². The Morgan fingerprint density at radius 2 is 2.15 bits per heavy atom. The van der Waals surface area contributed by atoms with E-state index in [1.165, 1.54) is 41.4 Å². The molecular weight excluding hydrogens is 268 g/mol. The van der Waals surface area contributed by atoms with Crippen molar-refractivity contribution in [3.05, 3.63) is 10.6 Å². The third-order valence-corrected chi connectivity index (χ3v) is 5.17. The summed E-state index contributed by atoms with van der Waals surface area (Å²) in [6.07, 6.45) is 4.91. The van der Waals surface area contributed by atoms with Gasteiger partial charge >= 0.3 is 0 Å². The molecule has 1 aliphatic rings. The lowest BCUT2D eigenvalue weighted by Gasteiger charge is -2.21. The maximum absolute atomic E-state index is 4.94. The van der Waals surface area contributed by atoms with Crippen molar-refractivity contribution in [1.82, 2.24) is 15.2 Å². The molecule has 1 aromatic heterocycles. The molecule has 0 amide bonds. The molecule has 1 heterocycles. The molecule has 0 aromatic carbocycles. The van der Waals surface area contributed by atoms with Crippen LogP contribution in [0.2, 0.25) is 0 Å². The van der Waals surface area contributed by atoms with E-state index in [4.69, 9.17) is 4.98 Å². The summed E-state index contributed by atoms with van der Waals surface area (Å²) >= 11 is 1.91. The lowest BCUT2D eigenvalue weighted by molar-refractivity contribution is 0.400. The number of nitrogens with one attached hydrogen (secondary N) is 1. The fraction of sp³-hybridized carbons (Fsp3) is 0.800. The van der Waals surface area contributed by atoms with Crippen molar-refractivity contribution < 1.29 is 0 Å². The number of nitrogens with zero attached hydrogens (tertiary/aromatic N) is 3. The molecule has 1 atom stereocenters. The predicted molar refractivity (Wildman–Crippen MR) is 87.9 cm³/mol. The smallest absolute Gasteiger partial charge is 0.185 e. The van der Waals surface area contributed by atoms with Crippen molar-refractivity contribution >= 4 is 16.5 Å². The number of hydrogen-bond donors (Lipinski definition) is 1. The second kappa shape index (κ2) is 7.38. The number of aryl methyl sites for hydroxylation is 1. The molecule has 5 heteroatoms. The van der Waals surface area contributed by atoms with Gasteiger partial charge in [0.2, 0.25) is 0 Å². The molecule has 0 saturated carbocycles. The van der Waals surface area contributed by atoms with Gasteiger partial charge < -0.3 is 15.1 Å². The summed E-state index contributed by atoms with van der Waals surface area (Å²) in [6, 6.07) is 0.462. The molecule has 114 valence electrons. The van der Waals surface area contributed by atoms with Crippen LogP contribution >= 0.6 is 11.3 Å². The van der Waals surface area contributed by atoms with E-state index in [1.807, 2.05) is 18.4 Å². The zero-order valence-corrected chi connectivity index (χ0v) is 14.1. The van der Waals surface area contributed by atoms with Gasteiger partial charge in [0, 0.05) is 18.0 Å². The molecule has 1 N–H and O–H groups in total. The van der Waals surface area contributed by atoms with E-state index in [-0.39, 0.29) is 0 Å². The molecule has 0 spiro atoms. The van der Waals surface area contributed by atoms with Crippen molar-refractivity contribution in [2.45, 2.75) is 38.6 Å². The summed E-state index contributed by atoms with van der Waals surface area (Å²) in [5, 5.41) is 4.63. The first-order valence-electron chi connectivity index (χ1n) is 7.72. The van der Waals surface area contributed by atoms with E-state index in [1.54, 1.807) is 0 Å². The molecule has 20 heavy (non-hydrogen) atoms. The molecule has 0 aliphatic heterocycles. The maximum Gasteiger partial charge on any atom is 0.185 e. The highest BCUT2D eigenvalue weighted by atomic mass is 32.1. The number of thiazole rings is 1. The third kappa shape index (κ3) is 3.71. The van der Waals surface area contributed by atoms with Gasteiger partial charge in [-0.1, -0.05) is 0 Å². The van der Waals surface area contributed by atoms with Crippen LogP contribution in [0.4, 0.5) is 5.13 Å². The van der Waals surface area contributed by atoms with E-state index in [2.05, 4.69) is 36.1 Å². The first kappa shape index (κ1) is 15.7. The average molecular weight is 296 g/mol. The summed E-state index contributed by atoms with van der Waals surface area (Å²) in [6.45, 7) is 5.52. The summed E-state index contributed by atoms with van der Waals surface area (Å²) in [4.78, 5) is 11.1. The molecule has 2 rings (SSSR count). The van der Waals surface area contributed by atoms with E-state index >= 15 is 0 Å². The first-order valence-corrected chi connectivity index (χ1v) is 8.53. The zero-order valence-electron chi connectivity index (χ0n) is 13.3. The summed E-state index contributed by atoms with van der Waals surface area (Å²) in [7, 11) is 6.32. The second-order valence-corrected chi connectivity index (χ2v) is 6.84.